The summed E-state index contributed by atoms with van der Waals surface area (Å²) >= 11 is 0. The van der Waals surface area contributed by atoms with E-state index < -0.39 is 0 Å². The number of fused-ring (bicyclic) bond motifs is 1. The van der Waals surface area contributed by atoms with Crippen LogP contribution in [0.4, 0.5) is 0 Å². The van der Waals surface area contributed by atoms with Gasteiger partial charge in [-0.1, -0.05) is 18.6 Å². The van der Waals surface area contributed by atoms with Gasteiger partial charge in [0.15, 0.2) is 11.5 Å². The van der Waals surface area contributed by atoms with Gasteiger partial charge in [-0.2, -0.15) is 0 Å². The van der Waals surface area contributed by atoms with Crippen LogP contribution in [0.15, 0.2) is 18.2 Å². The minimum Gasteiger partial charge on any atom is -0.486 e. The Hall–Kier alpha value is -1.26. The van der Waals surface area contributed by atoms with Crippen LogP contribution in [-0.2, 0) is 0 Å². The van der Waals surface area contributed by atoms with Crippen molar-refractivity contribution in [3.05, 3.63) is 23.8 Å². The Morgan fingerprint density at radius 1 is 1.24 bits per heavy atom. The van der Waals surface area contributed by atoms with Gasteiger partial charge < -0.3 is 9.47 Å². The number of hydrogen-bond donors (Lipinski definition) is 2. The first kappa shape index (κ1) is 10.9. The van der Waals surface area contributed by atoms with Gasteiger partial charge >= 0.3 is 0 Å². The van der Waals surface area contributed by atoms with Crippen LogP contribution in [0, 0.1) is 5.92 Å². The van der Waals surface area contributed by atoms with Crippen LogP contribution in [0.3, 0.4) is 0 Å². The van der Waals surface area contributed by atoms with Gasteiger partial charge in [-0.15, -0.1) is 0 Å². The van der Waals surface area contributed by atoms with Crippen molar-refractivity contribution in [1.29, 1.82) is 0 Å². The molecule has 1 aromatic rings. The second-order valence-electron chi connectivity index (χ2n) is 4.71. The van der Waals surface area contributed by atoms with Crippen molar-refractivity contribution in [2.45, 2.75) is 25.3 Å². The Labute approximate surface area is 101 Å². The van der Waals surface area contributed by atoms with Gasteiger partial charge in [0.25, 0.3) is 0 Å². The molecule has 0 bridgehead atoms. The molecule has 2 aliphatic rings. The molecule has 0 spiro atoms. The van der Waals surface area contributed by atoms with Crippen LogP contribution >= 0.6 is 0 Å². The van der Waals surface area contributed by atoms with Crippen molar-refractivity contribution < 1.29 is 9.47 Å². The van der Waals surface area contributed by atoms with E-state index in [2.05, 4.69) is 11.5 Å². The highest BCUT2D eigenvalue weighted by Crippen LogP contribution is 2.43. The number of ether oxygens (including phenoxy) is 2. The quantitative estimate of drug-likeness (QED) is 0.618. The van der Waals surface area contributed by atoms with Gasteiger partial charge in [0.05, 0.1) is 6.04 Å². The summed E-state index contributed by atoms with van der Waals surface area (Å²) in [6.45, 7) is 1.24. The smallest absolute Gasteiger partial charge is 0.166 e. The molecule has 92 valence electrons. The van der Waals surface area contributed by atoms with Crippen LogP contribution in [0.2, 0.25) is 0 Å². The molecule has 1 fully saturated rings. The Morgan fingerprint density at radius 2 is 2.06 bits per heavy atom. The lowest BCUT2D eigenvalue weighted by molar-refractivity contribution is 0.163. The van der Waals surface area contributed by atoms with Gasteiger partial charge in [-0.3, -0.25) is 11.3 Å². The summed E-state index contributed by atoms with van der Waals surface area (Å²) in [5.74, 6) is 8.03. The number of rotatable bonds is 3. The molecule has 1 saturated carbocycles. The molecule has 3 N–H and O–H groups in total. The van der Waals surface area contributed by atoms with Gasteiger partial charge in [-0.05, 0) is 24.8 Å². The molecule has 17 heavy (non-hydrogen) atoms. The Balaban J connectivity index is 1.94. The second kappa shape index (κ2) is 4.55. The van der Waals surface area contributed by atoms with Crippen molar-refractivity contribution in [2.24, 2.45) is 11.8 Å². The normalized spacial score (nSPS) is 20.8. The number of para-hydroxylation sites is 1. The molecular weight excluding hydrogens is 216 g/mol. The Bertz CT molecular complexity index is 404. The maximum Gasteiger partial charge on any atom is 0.166 e. The third-order valence-electron chi connectivity index (χ3n) is 3.73. The van der Waals surface area contributed by atoms with E-state index in [9.17, 15) is 0 Å². The summed E-state index contributed by atoms with van der Waals surface area (Å²) in [6.07, 6.45) is 3.77. The van der Waals surface area contributed by atoms with Crippen LogP contribution in [0.1, 0.15) is 30.9 Å². The zero-order valence-corrected chi connectivity index (χ0v) is 9.82. The highest BCUT2D eigenvalue weighted by molar-refractivity contribution is 5.49. The third-order valence-corrected chi connectivity index (χ3v) is 3.73. The highest BCUT2D eigenvalue weighted by atomic mass is 16.6. The van der Waals surface area contributed by atoms with E-state index in [0.717, 1.165) is 17.1 Å². The fraction of sp³-hybridized carbons (Fsp3) is 0.538. The summed E-state index contributed by atoms with van der Waals surface area (Å²) in [4.78, 5) is 0. The van der Waals surface area contributed by atoms with E-state index in [1.807, 2.05) is 12.1 Å². The fourth-order valence-electron chi connectivity index (χ4n) is 2.59. The number of hydrogen-bond acceptors (Lipinski definition) is 4. The van der Waals surface area contributed by atoms with E-state index in [4.69, 9.17) is 15.3 Å². The van der Waals surface area contributed by atoms with Crippen molar-refractivity contribution in [2.75, 3.05) is 13.2 Å². The standard InChI is InChI=1S/C13H18N2O2/c14-15-12(9-3-1-4-9)10-5-2-6-11-13(10)17-8-7-16-11/h2,5-6,9,12,15H,1,3-4,7-8,14H2. The molecule has 4 nitrogen and oxygen atoms in total. The molecule has 1 heterocycles. The Morgan fingerprint density at radius 3 is 2.76 bits per heavy atom. The minimum absolute atomic E-state index is 0.181. The summed E-state index contributed by atoms with van der Waals surface area (Å²) in [5.41, 5.74) is 4.07. The van der Waals surface area contributed by atoms with Crippen molar-refractivity contribution >= 4 is 0 Å². The number of nitrogens with two attached hydrogens (primary N) is 1. The summed E-state index contributed by atoms with van der Waals surface area (Å²) in [5, 5.41) is 0. The SMILES string of the molecule is NNC(c1cccc2c1OCCO2)C1CCC1. The van der Waals surface area contributed by atoms with Crippen LogP contribution in [-0.4, -0.2) is 13.2 Å². The molecule has 0 amide bonds. The second-order valence-corrected chi connectivity index (χ2v) is 4.71. The predicted octanol–water partition coefficient (Wildman–Crippen LogP) is 1.76. The first-order valence-corrected chi connectivity index (χ1v) is 6.25. The predicted molar refractivity (Wildman–Crippen MR) is 64.8 cm³/mol. The maximum atomic E-state index is 5.74. The third kappa shape index (κ3) is 1.87. The topological polar surface area (TPSA) is 56.5 Å². The van der Waals surface area contributed by atoms with E-state index in [1.165, 1.54) is 19.3 Å². The minimum atomic E-state index is 0.181. The zero-order valence-electron chi connectivity index (χ0n) is 9.82. The van der Waals surface area contributed by atoms with Gasteiger partial charge in [0.2, 0.25) is 0 Å². The number of hydrazine groups is 1. The van der Waals surface area contributed by atoms with E-state index in [-0.39, 0.29) is 6.04 Å². The van der Waals surface area contributed by atoms with Crippen LogP contribution in [0.5, 0.6) is 11.5 Å². The van der Waals surface area contributed by atoms with Gasteiger partial charge in [0.1, 0.15) is 13.2 Å². The average molecular weight is 234 g/mol. The first-order chi connectivity index (χ1) is 8.40. The van der Waals surface area contributed by atoms with Crippen molar-refractivity contribution in [3.8, 4) is 11.5 Å². The zero-order chi connectivity index (χ0) is 11.7. The molecule has 1 aromatic carbocycles. The Kier molecular flexibility index (Phi) is 2.91. The fourth-order valence-corrected chi connectivity index (χ4v) is 2.59. The lowest BCUT2D eigenvalue weighted by atomic mass is 9.77. The summed E-state index contributed by atoms with van der Waals surface area (Å²) < 4.78 is 11.3. The lowest BCUT2D eigenvalue weighted by Crippen LogP contribution is -2.37. The molecule has 1 aliphatic heterocycles. The van der Waals surface area contributed by atoms with E-state index in [1.54, 1.807) is 0 Å². The molecule has 4 heteroatoms. The number of benzene rings is 1. The van der Waals surface area contributed by atoms with Crippen molar-refractivity contribution in [3.63, 3.8) is 0 Å². The molecule has 3 rings (SSSR count). The summed E-state index contributed by atoms with van der Waals surface area (Å²) in [6, 6.07) is 6.22. The molecular formula is C13H18N2O2. The van der Waals surface area contributed by atoms with Gasteiger partial charge in [0, 0.05) is 5.56 Å². The molecule has 0 saturated heterocycles. The van der Waals surface area contributed by atoms with Gasteiger partial charge in [-0.25, -0.2) is 0 Å². The monoisotopic (exact) mass is 234 g/mol. The first-order valence-electron chi connectivity index (χ1n) is 6.25. The largest absolute Gasteiger partial charge is 0.486 e. The lowest BCUT2D eigenvalue weighted by Gasteiger charge is -2.35. The molecule has 1 aliphatic carbocycles. The number of nitrogens with one attached hydrogen (secondary N) is 1. The van der Waals surface area contributed by atoms with Crippen LogP contribution < -0.4 is 20.7 Å². The van der Waals surface area contributed by atoms with Crippen molar-refractivity contribution in [1.82, 2.24) is 5.43 Å². The summed E-state index contributed by atoms with van der Waals surface area (Å²) in [7, 11) is 0. The van der Waals surface area contributed by atoms with E-state index in [0.29, 0.717) is 19.1 Å². The van der Waals surface area contributed by atoms with Crippen LogP contribution in [0.25, 0.3) is 0 Å². The maximum absolute atomic E-state index is 5.74. The van der Waals surface area contributed by atoms with E-state index >= 15 is 0 Å². The molecule has 0 aromatic heterocycles. The average Bonchev–Trinajstić information content (AvgIpc) is 2.33. The molecule has 1 atom stereocenters. The highest BCUT2D eigenvalue weighted by Gasteiger charge is 2.31. The molecule has 1 unspecified atom stereocenters. The molecule has 0 radical (unpaired) electrons.